The highest BCUT2D eigenvalue weighted by Gasteiger charge is 2.50. The molecule has 0 unspecified atom stereocenters. The summed E-state index contributed by atoms with van der Waals surface area (Å²) in [4.78, 5) is 40.9. The number of fused-ring (bicyclic) bond motifs is 5. The molecule has 0 saturated carbocycles. The highest BCUT2D eigenvalue weighted by atomic mass is 16.6. The molecule has 6 atom stereocenters. The van der Waals surface area contributed by atoms with E-state index in [4.69, 9.17) is 23.7 Å². The molecular formula is C38H34O17. The Balaban J connectivity index is 1.31. The van der Waals surface area contributed by atoms with Crippen LogP contribution in [0.1, 0.15) is 72.0 Å². The number of Topliss-reactive ketones (excluding diaryl/α,β-unsaturated/α-hetero) is 1. The molecule has 55 heavy (non-hydrogen) atoms. The molecule has 17 heteroatoms. The Kier molecular flexibility index (Phi) is 9.03. The molecule has 0 aliphatic carbocycles. The molecule has 9 N–H and O–H groups in total. The Bertz CT molecular complexity index is 2280. The zero-order valence-electron chi connectivity index (χ0n) is 29.1. The largest absolute Gasteiger partial charge is 0.507 e. The summed E-state index contributed by atoms with van der Waals surface area (Å²) >= 11 is 0. The fraction of sp³-hybridized carbons (Fsp3) is 0.289. The Morgan fingerprint density at radius 3 is 1.85 bits per heavy atom. The van der Waals surface area contributed by atoms with Crippen molar-refractivity contribution in [3.63, 3.8) is 0 Å². The lowest BCUT2D eigenvalue weighted by atomic mass is 9.83. The number of carbonyl (C=O) groups excluding carboxylic acids is 3. The van der Waals surface area contributed by atoms with Gasteiger partial charge in [-0.3, -0.25) is 4.79 Å². The number of aromatic hydroxyl groups is 7. The predicted octanol–water partition coefficient (Wildman–Crippen LogP) is 3.18. The first-order valence-corrected chi connectivity index (χ1v) is 16.7. The van der Waals surface area contributed by atoms with E-state index in [1.165, 1.54) is 14.0 Å². The lowest BCUT2D eigenvalue weighted by Gasteiger charge is -2.43. The quantitative estimate of drug-likeness (QED) is 0.107. The normalized spacial score (nSPS) is 23.5. The van der Waals surface area contributed by atoms with Crippen LogP contribution in [0.15, 0.2) is 36.4 Å². The first-order valence-electron chi connectivity index (χ1n) is 16.7. The summed E-state index contributed by atoms with van der Waals surface area (Å²) < 4.78 is 28.7. The van der Waals surface area contributed by atoms with Crippen LogP contribution < -0.4 is 9.47 Å². The molecule has 1 fully saturated rings. The Labute approximate surface area is 310 Å². The average Bonchev–Trinajstić information content (AvgIpc) is 3.18. The van der Waals surface area contributed by atoms with Gasteiger partial charge in [-0.25, -0.2) is 9.59 Å². The van der Waals surface area contributed by atoms with E-state index in [0.717, 1.165) is 0 Å². The molecular weight excluding hydrogens is 728 g/mol. The van der Waals surface area contributed by atoms with Crippen LogP contribution in [-0.4, -0.2) is 102 Å². The second-order valence-corrected chi connectivity index (χ2v) is 13.3. The number of ether oxygens (including phenoxy) is 5. The van der Waals surface area contributed by atoms with Gasteiger partial charge >= 0.3 is 11.9 Å². The van der Waals surface area contributed by atoms with Crippen LogP contribution in [0.2, 0.25) is 0 Å². The summed E-state index contributed by atoms with van der Waals surface area (Å²) in [7, 11) is 1.50. The molecule has 17 nitrogen and oxygen atoms in total. The minimum atomic E-state index is -2.02. The molecule has 1 saturated heterocycles. The summed E-state index contributed by atoms with van der Waals surface area (Å²) in [6.07, 6.45) is -9.85. The van der Waals surface area contributed by atoms with Gasteiger partial charge in [0.05, 0.1) is 24.7 Å². The topological polar surface area (TPSA) is 279 Å². The smallest absolute Gasteiger partial charge is 0.339 e. The molecule has 4 aromatic rings. The zero-order chi connectivity index (χ0) is 39.8. The molecule has 0 spiro atoms. The summed E-state index contributed by atoms with van der Waals surface area (Å²) in [6, 6.07) is 8.07. The second-order valence-electron chi connectivity index (χ2n) is 13.3. The number of aliphatic hydroxyl groups is 2. The van der Waals surface area contributed by atoms with Crippen LogP contribution in [0.3, 0.4) is 0 Å². The standard InChI is InChI=1S/C38H34O17/c1-12-23(13(2)34-26(27(12)42)18(39)10-21(53-34)14-4-6-15(51-3)7-5-14)36-33(48)32(47)35-22(54-36)11-52-37(49)16-8-19(40)28(43)30(45)24(16)25-17(38(50)55-35)9-20(41)29(44)31(25)46/h4-9,21-22,32-33,35-36,40-48H,10-11H2,1-3H3/t21-,22-,32-,33-,35-,36+/m0/s1. The number of phenols is 7. The molecule has 0 bridgehead atoms. The molecule has 3 heterocycles. The third kappa shape index (κ3) is 5.79. The SMILES string of the molecule is COc1ccc([C@@H]2CC(=O)c3c(O)c(C)c([C@H]4O[C@H]5COC(=O)c6cc(O)c(O)c(O)c6-c6c(cc(O)c(O)c6O)C(=O)O[C@@H]5[C@@H](O)[C@@H]4O)c(C)c3O2)cc1. The van der Waals surface area contributed by atoms with Crippen molar-refractivity contribution in [3.05, 3.63) is 75.3 Å². The molecule has 4 aromatic carbocycles. The maximum Gasteiger partial charge on any atom is 0.339 e. The number of benzene rings is 4. The number of rotatable bonds is 3. The second kappa shape index (κ2) is 13.5. The third-order valence-corrected chi connectivity index (χ3v) is 10.2. The first-order chi connectivity index (χ1) is 26.0. The summed E-state index contributed by atoms with van der Waals surface area (Å²) in [5.41, 5.74) is -2.28. The number of methoxy groups -OCH3 is 1. The summed E-state index contributed by atoms with van der Waals surface area (Å²) in [5, 5.41) is 97.4. The fourth-order valence-corrected chi connectivity index (χ4v) is 7.30. The van der Waals surface area contributed by atoms with Gasteiger partial charge in [0.25, 0.3) is 0 Å². The molecule has 0 aromatic heterocycles. The minimum Gasteiger partial charge on any atom is -0.507 e. The maximum absolute atomic E-state index is 13.8. The van der Waals surface area contributed by atoms with Crippen molar-refractivity contribution in [3.8, 4) is 62.9 Å². The maximum atomic E-state index is 13.8. The van der Waals surface area contributed by atoms with Crippen molar-refractivity contribution in [2.24, 2.45) is 0 Å². The number of hydrogen-bond acceptors (Lipinski definition) is 17. The van der Waals surface area contributed by atoms with Crippen molar-refractivity contribution in [2.75, 3.05) is 13.7 Å². The van der Waals surface area contributed by atoms with Gasteiger partial charge in [0.1, 0.15) is 59.9 Å². The van der Waals surface area contributed by atoms with E-state index in [-0.39, 0.29) is 34.4 Å². The number of ketones is 1. The molecule has 3 aliphatic rings. The lowest BCUT2D eigenvalue weighted by molar-refractivity contribution is -0.231. The van der Waals surface area contributed by atoms with Crippen molar-refractivity contribution in [1.82, 2.24) is 0 Å². The van der Waals surface area contributed by atoms with E-state index in [1.54, 1.807) is 31.2 Å². The van der Waals surface area contributed by atoms with Crippen molar-refractivity contribution in [1.29, 1.82) is 0 Å². The van der Waals surface area contributed by atoms with E-state index in [9.17, 15) is 60.3 Å². The average molecular weight is 763 g/mol. The van der Waals surface area contributed by atoms with Crippen LogP contribution in [0.25, 0.3) is 11.1 Å². The molecule has 3 aliphatic heterocycles. The van der Waals surface area contributed by atoms with Crippen LogP contribution in [0.5, 0.6) is 51.7 Å². The van der Waals surface area contributed by atoms with E-state index in [1.807, 2.05) is 0 Å². The lowest BCUT2D eigenvalue weighted by Crippen LogP contribution is -2.57. The van der Waals surface area contributed by atoms with Gasteiger partial charge in [0.15, 0.2) is 34.9 Å². The highest BCUT2D eigenvalue weighted by molar-refractivity contribution is 6.08. The van der Waals surface area contributed by atoms with Gasteiger partial charge in [0.2, 0.25) is 11.5 Å². The van der Waals surface area contributed by atoms with Gasteiger partial charge in [-0.15, -0.1) is 0 Å². The predicted molar refractivity (Wildman–Crippen MR) is 184 cm³/mol. The fourth-order valence-electron chi connectivity index (χ4n) is 7.30. The van der Waals surface area contributed by atoms with Gasteiger partial charge in [-0.05, 0) is 60.4 Å². The van der Waals surface area contributed by atoms with E-state index < -0.39 is 123 Å². The van der Waals surface area contributed by atoms with E-state index >= 15 is 0 Å². The number of cyclic esters (lactones) is 1. The van der Waals surface area contributed by atoms with Gasteiger partial charge in [-0.2, -0.15) is 0 Å². The van der Waals surface area contributed by atoms with Crippen molar-refractivity contribution in [2.45, 2.75) is 56.9 Å². The molecule has 288 valence electrons. The van der Waals surface area contributed by atoms with E-state index in [0.29, 0.717) is 23.4 Å². The number of carbonyl (C=O) groups is 3. The number of hydrogen-bond donors (Lipinski definition) is 9. The molecule has 7 rings (SSSR count). The van der Waals surface area contributed by atoms with Crippen molar-refractivity contribution < 1.29 is 84.0 Å². The zero-order valence-corrected chi connectivity index (χ0v) is 29.1. The van der Waals surface area contributed by atoms with Crippen LogP contribution in [0, 0.1) is 13.8 Å². The number of aliphatic hydroxyl groups excluding tert-OH is 2. The third-order valence-electron chi connectivity index (χ3n) is 10.2. The molecule has 0 amide bonds. The Hall–Kier alpha value is -6.43. The first kappa shape index (κ1) is 36.9. The Morgan fingerprint density at radius 1 is 0.691 bits per heavy atom. The summed E-state index contributed by atoms with van der Waals surface area (Å²) in [5.74, 6) is -10.1. The van der Waals surface area contributed by atoms with Gasteiger partial charge in [-0.1, -0.05) is 12.1 Å². The summed E-state index contributed by atoms with van der Waals surface area (Å²) in [6.45, 7) is 2.16. The van der Waals surface area contributed by atoms with Gasteiger partial charge < -0.3 is 69.6 Å². The van der Waals surface area contributed by atoms with Crippen molar-refractivity contribution >= 4 is 17.7 Å². The van der Waals surface area contributed by atoms with Crippen LogP contribution in [0.4, 0.5) is 0 Å². The van der Waals surface area contributed by atoms with Gasteiger partial charge in [0, 0.05) is 11.1 Å². The Morgan fingerprint density at radius 2 is 1.27 bits per heavy atom. The molecule has 0 radical (unpaired) electrons. The van der Waals surface area contributed by atoms with Crippen LogP contribution >= 0.6 is 0 Å². The van der Waals surface area contributed by atoms with Crippen LogP contribution in [-0.2, 0) is 14.2 Å². The van der Waals surface area contributed by atoms with E-state index in [2.05, 4.69) is 0 Å². The number of phenolic OH excluding ortho intramolecular Hbond substituents is 7. The number of esters is 2. The minimum absolute atomic E-state index is 0.0122. The highest BCUT2D eigenvalue weighted by Crippen LogP contribution is 2.54. The monoisotopic (exact) mass is 762 g/mol.